The van der Waals surface area contributed by atoms with Crippen LogP contribution in [-0.4, -0.2) is 23.6 Å². The van der Waals surface area contributed by atoms with E-state index >= 15 is 0 Å². The number of nitrogens with one attached hydrogen (secondary N) is 2. The highest BCUT2D eigenvalue weighted by Gasteiger charge is 2.06. The van der Waals surface area contributed by atoms with Crippen molar-refractivity contribution < 1.29 is 4.79 Å². The predicted octanol–water partition coefficient (Wildman–Crippen LogP) is 2.92. The molecule has 1 aromatic rings. The molecule has 1 aromatic carbocycles. The van der Waals surface area contributed by atoms with Crippen molar-refractivity contribution in [3.8, 4) is 0 Å². The van der Waals surface area contributed by atoms with Crippen molar-refractivity contribution in [2.45, 2.75) is 26.3 Å². The Morgan fingerprint density at radius 2 is 2.06 bits per heavy atom. The number of urea groups is 1. The third-order valence-corrected chi connectivity index (χ3v) is 3.38. The number of nitrogens with two attached hydrogens (primary N) is 1. The van der Waals surface area contributed by atoms with E-state index in [1.165, 1.54) is 0 Å². The lowest BCUT2D eigenvalue weighted by Gasteiger charge is -2.14. The molecular weight excluding hydrogens is 246 g/mol. The van der Waals surface area contributed by atoms with Gasteiger partial charge in [0.05, 0.1) is 0 Å². The van der Waals surface area contributed by atoms with Gasteiger partial charge < -0.3 is 16.4 Å². The van der Waals surface area contributed by atoms with E-state index in [2.05, 4.69) is 17.6 Å². The van der Waals surface area contributed by atoms with Crippen LogP contribution in [0.15, 0.2) is 24.3 Å². The first kappa shape index (κ1) is 14.7. The average Bonchev–Trinajstić information content (AvgIpc) is 2.32. The molecule has 0 saturated carbocycles. The lowest BCUT2D eigenvalue weighted by molar-refractivity contribution is 0.249. The second-order valence-corrected chi connectivity index (χ2v) is 5.50. The number of carbonyl (C=O) groups excluding carboxylic acids is 1. The van der Waals surface area contributed by atoms with E-state index in [-0.39, 0.29) is 12.1 Å². The summed E-state index contributed by atoms with van der Waals surface area (Å²) < 4.78 is 0. The van der Waals surface area contributed by atoms with Crippen LogP contribution in [0, 0.1) is 0 Å². The molecule has 0 spiro atoms. The summed E-state index contributed by atoms with van der Waals surface area (Å²) in [6.45, 7) is 4.15. The molecule has 1 rings (SSSR count). The minimum Gasteiger partial charge on any atom is -0.399 e. The van der Waals surface area contributed by atoms with E-state index in [4.69, 9.17) is 5.73 Å². The number of anilines is 2. The largest absolute Gasteiger partial charge is 0.399 e. The highest BCUT2D eigenvalue weighted by molar-refractivity contribution is 7.99. The number of nitrogen functional groups attached to an aromatic ring is 1. The van der Waals surface area contributed by atoms with Crippen LogP contribution < -0.4 is 16.4 Å². The summed E-state index contributed by atoms with van der Waals surface area (Å²) in [7, 11) is 0. The van der Waals surface area contributed by atoms with Gasteiger partial charge in [0, 0.05) is 17.4 Å². The van der Waals surface area contributed by atoms with E-state index in [0.29, 0.717) is 5.69 Å². The molecule has 18 heavy (non-hydrogen) atoms. The van der Waals surface area contributed by atoms with Crippen LogP contribution in [-0.2, 0) is 0 Å². The molecule has 0 radical (unpaired) electrons. The third kappa shape index (κ3) is 5.82. The molecule has 0 heterocycles. The summed E-state index contributed by atoms with van der Waals surface area (Å²) in [6, 6.07) is 7.10. The van der Waals surface area contributed by atoms with Gasteiger partial charge in [0.2, 0.25) is 0 Å². The van der Waals surface area contributed by atoms with Crippen LogP contribution in [0.4, 0.5) is 16.2 Å². The van der Waals surface area contributed by atoms with Crippen molar-refractivity contribution in [1.82, 2.24) is 5.32 Å². The quantitative estimate of drug-likeness (QED) is 0.548. The van der Waals surface area contributed by atoms with Gasteiger partial charge in [-0.1, -0.05) is 6.92 Å². The highest BCUT2D eigenvalue weighted by atomic mass is 32.2. The Balaban J connectivity index is 2.30. The Hall–Kier alpha value is -1.36. The highest BCUT2D eigenvalue weighted by Crippen LogP contribution is 2.10. The maximum absolute atomic E-state index is 11.7. The second kappa shape index (κ2) is 7.87. The Labute approximate surface area is 113 Å². The van der Waals surface area contributed by atoms with Crippen molar-refractivity contribution in [3.05, 3.63) is 24.3 Å². The minimum atomic E-state index is -0.172. The predicted molar refractivity (Wildman–Crippen MR) is 80.1 cm³/mol. The first-order valence-corrected chi connectivity index (χ1v) is 7.28. The smallest absolute Gasteiger partial charge is 0.319 e. The van der Waals surface area contributed by atoms with Crippen LogP contribution in [0.3, 0.4) is 0 Å². The molecule has 4 N–H and O–H groups in total. The van der Waals surface area contributed by atoms with E-state index < -0.39 is 0 Å². The summed E-state index contributed by atoms with van der Waals surface area (Å²) in [6.07, 6.45) is 0.980. The number of rotatable bonds is 6. The first-order valence-electron chi connectivity index (χ1n) is 6.12. The zero-order valence-corrected chi connectivity index (χ0v) is 11.7. The number of thioether (sulfide) groups is 1. The molecule has 0 aromatic heterocycles. The van der Waals surface area contributed by atoms with Crippen molar-refractivity contribution in [2.75, 3.05) is 22.6 Å². The fraction of sp³-hybridized carbons (Fsp3) is 0.462. The second-order valence-electron chi connectivity index (χ2n) is 4.11. The van der Waals surface area contributed by atoms with Crippen molar-refractivity contribution in [2.24, 2.45) is 0 Å². The Bertz CT molecular complexity index is 367. The van der Waals surface area contributed by atoms with Crippen molar-refractivity contribution in [1.29, 1.82) is 0 Å². The monoisotopic (exact) mass is 267 g/mol. The average molecular weight is 267 g/mol. The van der Waals surface area contributed by atoms with Gasteiger partial charge in [0.15, 0.2) is 0 Å². The summed E-state index contributed by atoms with van der Waals surface area (Å²) in [5, 5.41) is 5.69. The Morgan fingerprint density at radius 1 is 1.39 bits per heavy atom. The molecule has 1 unspecified atom stereocenters. The summed E-state index contributed by atoms with van der Waals surface area (Å²) in [4.78, 5) is 11.7. The van der Waals surface area contributed by atoms with Crippen LogP contribution in [0.25, 0.3) is 0 Å². The van der Waals surface area contributed by atoms with Gasteiger partial charge in [0.25, 0.3) is 0 Å². The molecule has 2 amide bonds. The number of amides is 2. The summed E-state index contributed by atoms with van der Waals surface area (Å²) in [5.41, 5.74) is 7.01. The summed E-state index contributed by atoms with van der Waals surface area (Å²) in [5.74, 6) is 2.18. The molecule has 4 nitrogen and oxygen atoms in total. The maximum Gasteiger partial charge on any atom is 0.319 e. The standard InChI is InChI=1S/C13H21N3OS/c1-3-18-9-8-10(2)15-13(17)16-12-6-4-11(14)5-7-12/h4-7,10H,3,8-9,14H2,1-2H3,(H2,15,16,17). The molecule has 0 fully saturated rings. The molecule has 0 aliphatic rings. The van der Waals surface area contributed by atoms with E-state index in [9.17, 15) is 4.79 Å². The van der Waals surface area contributed by atoms with Crippen LogP contribution in [0.2, 0.25) is 0 Å². The van der Waals surface area contributed by atoms with Gasteiger partial charge in [-0.3, -0.25) is 0 Å². The third-order valence-electron chi connectivity index (χ3n) is 2.45. The molecule has 0 saturated heterocycles. The van der Waals surface area contributed by atoms with Gasteiger partial charge in [-0.05, 0) is 49.1 Å². The molecule has 1 atom stereocenters. The normalized spacial score (nSPS) is 11.9. The number of hydrogen-bond donors (Lipinski definition) is 3. The zero-order valence-electron chi connectivity index (χ0n) is 10.9. The van der Waals surface area contributed by atoms with E-state index in [1.54, 1.807) is 24.3 Å². The van der Waals surface area contributed by atoms with Crippen LogP contribution in [0.1, 0.15) is 20.3 Å². The van der Waals surface area contributed by atoms with E-state index in [1.807, 2.05) is 18.7 Å². The number of carbonyl (C=O) groups is 1. The molecule has 100 valence electrons. The van der Waals surface area contributed by atoms with Crippen molar-refractivity contribution in [3.63, 3.8) is 0 Å². The molecule has 0 bridgehead atoms. The van der Waals surface area contributed by atoms with Crippen molar-refractivity contribution >= 4 is 29.2 Å². The summed E-state index contributed by atoms with van der Waals surface area (Å²) >= 11 is 1.88. The van der Waals surface area contributed by atoms with Gasteiger partial charge in [-0.2, -0.15) is 11.8 Å². The molecule has 0 aliphatic carbocycles. The topological polar surface area (TPSA) is 67.2 Å². The zero-order chi connectivity index (χ0) is 13.4. The molecule has 0 aliphatic heterocycles. The van der Waals surface area contributed by atoms with Crippen LogP contribution in [0.5, 0.6) is 0 Å². The molecule has 5 heteroatoms. The van der Waals surface area contributed by atoms with Crippen LogP contribution >= 0.6 is 11.8 Å². The lowest BCUT2D eigenvalue weighted by atomic mass is 10.2. The van der Waals surface area contributed by atoms with E-state index in [0.717, 1.165) is 23.6 Å². The fourth-order valence-electron chi connectivity index (χ4n) is 1.43. The van der Waals surface area contributed by atoms with Gasteiger partial charge in [-0.25, -0.2) is 4.79 Å². The van der Waals surface area contributed by atoms with Gasteiger partial charge in [-0.15, -0.1) is 0 Å². The lowest BCUT2D eigenvalue weighted by Crippen LogP contribution is -2.36. The fourth-order valence-corrected chi connectivity index (χ4v) is 2.24. The number of benzene rings is 1. The van der Waals surface area contributed by atoms with Gasteiger partial charge in [0.1, 0.15) is 0 Å². The van der Waals surface area contributed by atoms with Gasteiger partial charge >= 0.3 is 6.03 Å². The SMILES string of the molecule is CCSCCC(C)NC(=O)Nc1ccc(N)cc1. The minimum absolute atomic E-state index is 0.172. The Kier molecular flexibility index (Phi) is 6.43. The number of hydrogen-bond acceptors (Lipinski definition) is 3. The Morgan fingerprint density at radius 3 is 2.67 bits per heavy atom. The first-order chi connectivity index (χ1) is 8.61. The molecular formula is C13H21N3OS. The maximum atomic E-state index is 11.7.